The molecular formula is C15H25NO. The van der Waals surface area contributed by atoms with Gasteiger partial charge in [-0.2, -0.15) is 0 Å². The van der Waals surface area contributed by atoms with Gasteiger partial charge in [0.25, 0.3) is 0 Å². The van der Waals surface area contributed by atoms with Crippen molar-refractivity contribution in [1.29, 1.82) is 0 Å². The summed E-state index contributed by atoms with van der Waals surface area (Å²) < 4.78 is 5.12. The van der Waals surface area contributed by atoms with Crippen LogP contribution in [0.5, 0.6) is 0 Å². The van der Waals surface area contributed by atoms with Crippen LogP contribution in [0.25, 0.3) is 0 Å². The Balaban J connectivity index is 1.93. The number of rotatable bonds is 2. The molecule has 1 fully saturated rings. The van der Waals surface area contributed by atoms with Gasteiger partial charge in [-0.1, -0.05) is 20.8 Å². The SMILES string of the molecule is CC(C)(C)C1CCC(N)(Cc2ccoc2)CC1. The van der Waals surface area contributed by atoms with E-state index in [1.54, 1.807) is 6.26 Å². The van der Waals surface area contributed by atoms with Crippen LogP contribution in [0.3, 0.4) is 0 Å². The Morgan fingerprint density at radius 3 is 2.47 bits per heavy atom. The fourth-order valence-electron chi connectivity index (χ4n) is 3.04. The zero-order valence-corrected chi connectivity index (χ0v) is 11.3. The third-order valence-electron chi connectivity index (χ3n) is 4.34. The smallest absolute Gasteiger partial charge is 0.0935 e. The van der Waals surface area contributed by atoms with Crippen molar-refractivity contribution in [1.82, 2.24) is 0 Å². The van der Waals surface area contributed by atoms with Gasteiger partial charge in [0.15, 0.2) is 0 Å². The van der Waals surface area contributed by atoms with Crippen LogP contribution in [0.15, 0.2) is 23.0 Å². The molecule has 1 heterocycles. The maximum absolute atomic E-state index is 6.51. The van der Waals surface area contributed by atoms with E-state index in [9.17, 15) is 0 Å². The first-order valence-electron chi connectivity index (χ1n) is 6.69. The predicted octanol–water partition coefficient (Wildman–Crippen LogP) is 3.76. The molecule has 1 aromatic heterocycles. The number of furan rings is 1. The van der Waals surface area contributed by atoms with Gasteiger partial charge in [-0.15, -0.1) is 0 Å². The first-order valence-corrected chi connectivity index (χ1v) is 6.69. The maximum Gasteiger partial charge on any atom is 0.0935 e. The van der Waals surface area contributed by atoms with Crippen molar-refractivity contribution in [3.8, 4) is 0 Å². The van der Waals surface area contributed by atoms with Crippen molar-refractivity contribution in [2.75, 3.05) is 0 Å². The summed E-state index contributed by atoms with van der Waals surface area (Å²) in [5.41, 5.74) is 8.17. The van der Waals surface area contributed by atoms with E-state index in [1.165, 1.54) is 18.4 Å². The molecule has 2 N–H and O–H groups in total. The molecule has 0 unspecified atom stereocenters. The highest BCUT2D eigenvalue weighted by Crippen LogP contribution is 2.41. The highest BCUT2D eigenvalue weighted by Gasteiger charge is 2.36. The number of hydrogen-bond acceptors (Lipinski definition) is 2. The van der Waals surface area contributed by atoms with Crippen LogP contribution in [-0.2, 0) is 6.42 Å². The van der Waals surface area contributed by atoms with E-state index < -0.39 is 0 Å². The lowest BCUT2D eigenvalue weighted by Crippen LogP contribution is -2.46. The molecule has 0 saturated heterocycles. The van der Waals surface area contributed by atoms with Crippen molar-refractivity contribution in [2.45, 2.75) is 58.4 Å². The van der Waals surface area contributed by atoms with Gasteiger partial charge in [0, 0.05) is 5.54 Å². The fraction of sp³-hybridized carbons (Fsp3) is 0.733. The average Bonchev–Trinajstić information content (AvgIpc) is 2.68. The third kappa shape index (κ3) is 3.12. The minimum absolute atomic E-state index is 0.00831. The largest absolute Gasteiger partial charge is 0.472 e. The highest BCUT2D eigenvalue weighted by molar-refractivity contribution is 5.11. The second-order valence-electron chi connectivity index (χ2n) is 6.81. The van der Waals surface area contributed by atoms with Crippen molar-refractivity contribution < 1.29 is 4.42 Å². The van der Waals surface area contributed by atoms with Crippen molar-refractivity contribution >= 4 is 0 Å². The van der Waals surface area contributed by atoms with Gasteiger partial charge in [-0.05, 0) is 55.1 Å². The summed E-state index contributed by atoms with van der Waals surface area (Å²) in [5, 5.41) is 0. The molecule has 96 valence electrons. The molecule has 2 nitrogen and oxygen atoms in total. The van der Waals surface area contributed by atoms with Crippen LogP contribution < -0.4 is 5.73 Å². The Hall–Kier alpha value is -0.760. The predicted molar refractivity (Wildman–Crippen MR) is 70.7 cm³/mol. The second kappa shape index (κ2) is 4.49. The normalized spacial score (nSPS) is 30.5. The topological polar surface area (TPSA) is 39.2 Å². The molecule has 1 aromatic rings. The van der Waals surface area contributed by atoms with E-state index >= 15 is 0 Å². The van der Waals surface area contributed by atoms with Gasteiger partial charge in [0.05, 0.1) is 12.5 Å². The molecule has 2 rings (SSSR count). The van der Waals surface area contributed by atoms with E-state index in [-0.39, 0.29) is 5.54 Å². The fourth-order valence-corrected chi connectivity index (χ4v) is 3.04. The van der Waals surface area contributed by atoms with Crippen molar-refractivity contribution in [3.05, 3.63) is 24.2 Å². The zero-order valence-electron chi connectivity index (χ0n) is 11.3. The van der Waals surface area contributed by atoms with E-state index in [0.717, 1.165) is 25.2 Å². The maximum atomic E-state index is 6.51. The summed E-state index contributed by atoms with van der Waals surface area (Å²) in [5.74, 6) is 0.823. The average molecular weight is 235 g/mol. The Morgan fingerprint density at radius 2 is 2.00 bits per heavy atom. The van der Waals surface area contributed by atoms with Gasteiger partial charge in [-0.3, -0.25) is 0 Å². The van der Waals surface area contributed by atoms with E-state index in [2.05, 4.69) is 20.8 Å². The molecule has 0 aliphatic heterocycles. The van der Waals surface area contributed by atoms with E-state index in [1.807, 2.05) is 12.3 Å². The zero-order chi connectivity index (χ0) is 12.5. The minimum Gasteiger partial charge on any atom is -0.472 e. The summed E-state index contributed by atoms with van der Waals surface area (Å²) in [6, 6.07) is 2.03. The summed E-state index contributed by atoms with van der Waals surface area (Å²) in [6.07, 6.45) is 9.32. The van der Waals surface area contributed by atoms with Gasteiger partial charge in [0.2, 0.25) is 0 Å². The quantitative estimate of drug-likeness (QED) is 0.847. The standard InChI is InChI=1S/C15H25NO/c1-14(2,3)13-4-7-15(16,8-5-13)10-12-6-9-17-11-12/h6,9,11,13H,4-5,7-8,10,16H2,1-3H3. The van der Waals surface area contributed by atoms with Gasteiger partial charge >= 0.3 is 0 Å². The van der Waals surface area contributed by atoms with Crippen LogP contribution in [0, 0.1) is 11.3 Å². The van der Waals surface area contributed by atoms with Crippen LogP contribution in [0.2, 0.25) is 0 Å². The monoisotopic (exact) mass is 235 g/mol. The number of nitrogens with two attached hydrogens (primary N) is 1. The van der Waals surface area contributed by atoms with E-state index in [4.69, 9.17) is 10.2 Å². The minimum atomic E-state index is -0.00831. The molecule has 2 heteroatoms. The molecule has 0 bridgehead atoms. The van der Waals surface area contributed by atoms with Crippen LogP contribution >= 0.6 is 0 Å². The lowest BCUT2D eigenvalue weighted by molar-refractivity contribution is 0.134. The molecule has 17 heavy (non-hydrogen) atoms. The van der Waals surface area contributed by atoms with Crippen LogP contribution in [0.4, 0.5) is 0 Å². The molecule has 0 spiro atoms. The van der Waals surface area contributed by atoms with Crippen molar-refractivity contribution in [3.63, 3.8) is 0 Å². The number of hydrogen-bond donors (Lipinski definition) is 1. The lowest BCUT2D eigenvalue weighted by atomic mass is 9.66. The summed E-state index contributed by atoms with van der Waals surface area (Å²) in [7, 11) is 0. The molecule has 0 amide bonds. The molecule has 0 radical (unpaired) electrons. The van der Waals surface area contributed by atoms with Gasteiger partial charge in [0.1, 0.15) is 0 Å². The Labute approximate surface area is 105 Å². The lowest BCUT2D eigenvalue weighted by Gasteiger charge is -2.42. The van der Waals surface area contributed by atoms with E-state index in [0.29, 0.717) is 5.41 Å². The van der Waals surface area contributed by atoms with Crippen molar-refractivity contribution in [2.24, 2.45) is 17.1 Å². The third-order valence-corrected chi connectivity index (χ3v) is 4.34. The summed E-state index contributed by atoms with van der Waals surface area (Å²) in [4.78, 5) is 0. The molecule has 1 aliphatic rings. The Kier molecular flexibility index (Phi) is 3.35. The highest BCUT2D eigenvalue weighted by atomic mass is 16.3. The summed E-state index contributed by atoms with van der Waals surface area (Å²) >= 11 is 0. The van der Waals surface area contributed by atoms with Gasteiger partial charge < -0.3 is 10.2 Å². The molecule has 0 aromatic carbocycles. The first-order chi connectivity index (χ1) is 7.89. The Bertz CT molecular complexity index is 339. The molecular weight excluding hydrogens is 210 g/mol. The van der Waals surface area contributed by atoms with Crippen LogP contribution in [0.1, 0.15) is 52.0 Å². The van der Waals surface area contributed by atoms with Crippen LogP contribution in [-0.4, -0.2) is 5.54 Å². The first kappa shape index (κ1) is 12.7. The molecule has 1 saturated carbocycles. The Morgan fingerprint density at radius 1 is 1.35 bits per heavy atom. The second-order valence-corrected chi connectivity index (χ2v) is 6.81. The summed E-state index contributed by atoms with van der Waals surface area (Å²) in [6.45, 7) is 7.03. The molecule has 0 atom stereocenters. The van der Waals surface area contributed by atoms with Gasteiger partial charge in [-0.25, -0.2) is 0 Å². The molecule has 1 aliphatic carbocycles.